The first-order valence-corrected chi connectivity index (χ1v) is 7.04. The van der Waals surface area contributed by atoms with Gasteiger partial charge in [-0.05, 0) is 5.56 Å². The minimum absolute atomic E-state index is 0. The lowest BCUT2D eigenvalue weighted by Crippen LogP contribution is -2.36. The minimum atomic E-state index is -0.621. The Labute approximate surface area is 128 Å². The summed E-state index contributed by atoms with van der Waals surface area (Å²) in [6, 6.07) is 8.74. The number of nitrogens with one attached hydrogen (secondary N) is 1. The van der Waals surface area contributed by atoms with Crippen LogP contribution in [0.3, 0.4) is 0 Å². The molecular formula is C14H18ClN3OS. The Bertz CT molecular complexity index is 518. The molecule has 0 aliphatic heterocycles. The quantitative estimate of drug-likeness (QED) is 0.891. The summed E-state index contributed by atoms with van der Waals surface area (Å²) in [5, 5.41) is 5.83. The molecule has 2 rings (SSSR count). The van der Waals surface area contributed by atoms with Crippen LogP contribution in [0.4, 0.5) is 0 Å². The fourth-order valence-corrected chi connectivity index (χ4v) is 2.44. The normalized spacial score (nSPS) is 13.1. The molecule has 6 heteroatoms. The van der Waals surface area contributed by atoms with Gasteiger partial charge in [-0.15, -0.1) is 23.7 Å². The second-order valence-corrected chi connectivity index (χ2v) is 5.33. The van der Waals surface area contributed by atoms with Crippen LogP contribution in [0.15, 0.2) is 41.9 Å². The fraction of sp³-hybridized carbons (Fsp3) is 0.286. The first-order valence-electron chi connectivity index (χ1n) is 6.16. The van der Waals surface area contributed by atoms with Gasteiger partial charge < -0.3 is 11.1 Å². The Morgan fingerprint density at radius 2 is 2.10 bits per heavy atom. The van der Waals surface area contributed by atoms with Gasteiger partial charge in [0.2, 0.25) is 5.91 Å². The highest BCUT2D eigenvalue weighted by Crippen LogP contribution is 2.17. The van der Waals surface area contributed by atoms with Crippen molar-refractivity contribution < 1.29 is 4.79 Å². The third kappa shape index (κ3) is 4.30. The summed E-state index contributed by atoms with van der Waals surface area (Å²) in [4.78, 5) is 16.2. The van der Waals surface area contributed by atoms with Gasteiger partial charge in [-0.1, -0.05) is 37.3 Å². The molecule has 1 aromatic carbocycles. The molecule has 2 unspecified atom stereocenters. The first kappa shape index (κ1) is 16.6. The van der Waals surface area contributed by atoms with Crippen LogP contribution in [-0.2, 0) is 4.79 Å². The smallest absolute Gasteiger partial charge is 0.241 e. The SMILES string of the molecule is CC(CNC(=O)C(N)c1ccccc1)c1nccs1.Cl. The third-order valence-corrected chi connectivity index (χ3v) is 3.90. The molecule has 3 N–H and O–H groups in total. The number of aromatic nitrogens is 1. The van der Waals surface area contributed by atoms with Crippen molar-refractivity contribution in [1.82, 2.24) is 10.3 Å². The molecule has 1 aromatic heterocycles. The van der Waals surface area contributed by atoms with Gasteiger partial charge in [-0.2, -0.15) is 0 Å². The number of benzene rings is 1. The average Bonchev–Trinajstić information content (AvgIpc) is 2.98. The van der Waals surface area contributed by atoms with Crippen molar-refractivity contribution in [1.29, 1.82) is 0 Å². The topological polar surface area (TPSA) is 68.0 Å². The van der Waals surface area contributed by atoms with E-state index in [9.17, 15) is 4.79 Å². The molecule has 1 heterocycles. The molecule has 0 fully saturated rings. The first-order chi connectivity index (χ1) is 9.18. The summed E-state index contributed by atoms with van der Waals surface area (Å²) in [6.07, 6.45) is 1.77. The summed E-state index contributed by atoms with van der Waals surface area (Å²) in [7, 11) is 0. The highest BCUT2D eigenvalue weighted by atomic mass is 35.5. The van der Waals surface area contributed by atoms with E-state index in [0.717, 1.165) is 10.6 Å². The summed E-state index contributed by atoms with van der Waals surface area (Å²) in [6.45, 7) is 2.58. The summed E-state index contributed by atoms with van der Waals surface area (Å²) < 4.78 is 0. The second-order valence-electron chi connectivity index (χ2n) is 4.40. The fourth-order valence-electron chi connectivity index (χ4n) is 1.74. The molecule has 0 aliphatic carbocycles. The molecule has 0 bridgehead atoms. The van der Waals surface area contributed by atoms with E-state index in [4.69, 9.17) is 5.73 Å². The van der Waals surface area contributed by atoms with Crippen LogP contribution in [0, 0.1) is 0 Å². The van der Waals surface area contributed by atoms with Gasteiger partial charge in [-0.25, -0.2) is 4.98 Å². The standard InChI is InChI=1S/C14H17N3OS.ClH/c1-10(14-16-7-8-19-14)9-17-13(18)12(15)11-5-3-2-4-6-11;/h2-8,10,12H,9,15H2,1H3,(H,17,18);1H. The number of nitrogens with two attached hydrogens (primary N) is 1. The maximum atomic E-state index is 12.0. The molecule has 2 aromatic rings. The number of carbonyl (C=O) groups is 1. The van der Waals surface area contributed by atoms with Gasteiger partial charge in [0.25, 0.3) is 0 Å². The van der Waals surface area contributed by atoms with E-state index in [1.807, 2.05) is 42.6 Å². The lowest BCUT2D eigenvalue weighted by Gasteiger charge is -2.14. The molecule has 0 saturated heterocycles. The Kier molecular flexibility index (Phi) is 6.64. The van der Waals surface area contributed by atoms with E-state index >= 15 is 0 Å². The zero-order valence-electron chi connectivity index (χ0n) is 11.2. The van der Waals surface area contributed by atoms with E-state index in [2.05, 4.69) is 10.3 Å². The third-order valence-electron chi connectivity index (χ3n) is 2.90. The Morgan fingerprint density at radius 3 is 2.70 bits per heavy atom. The number of rotatable bonds is 5. The highest BCUT2D eigenvalue weighted by molar-refractivity contribution is 7.09. The van der Waals surface area contributed by atoms with Gasteiger partial charge in [0, 0.05) is 24.0 Å². The Balaban J connectivity index is 0.00000200. The van der Waals surface area contributed by atoms with Gasteiger partial charge >= 0.3 is 0 Å². The van der Waals surface area contributed by atoms with Crippen molar-refractivity contribution in [3.05, 3.63) is 52.5 Å². The van der Waals surface area contributed by atoms with E-state index in [1.165, 1.54) is 0 Å². The van der Waals surface area contributed by atoms with Crippen molar-refractivity contribution in [2.24, 2.45) is 5.73 Å². The van der Waals surface area contributed by atoms with E-state index < -0.39 is 6.04 Å². The molecule has 0 spiro atoms. The van der Waals surface area contributed by atoms with Crippen LogP contribution in [0.25, 0.3) is 0 Å². The monoisotopic (exact) mass is 311 g/mol. The number of thiazole rings is 1. The zero-order chi connectivity index (χ0) is 13.7. The van der Waals surface area contributed by atoms with Crippen molar-refractivity contribution in [3.8, 4) is 0 Å². The van der Waals surface area contributed by atoms with Crippen LogP contribution in [0.5, 0.6) is 0 Å². The maximum Gasteiger partial charge on any atom is 0.241 e. The Hall–Kier alpha value is -1.43. The van der Waals surface area contributed by atoms with Crippen molar-refractivity contribution in [2.75, 3.05) is 6.54 Å². The Morgan fingerprint density at radius 1 is 1.40 bits per heavy atom. The number of hydrogen-bond donors (Lipinski definition) is 2. The summed E-state index contributed by atoms with van der Waals surface area (Å²) in [5.74, 6) is 0.0431. The molecule has 1 amide bonds. The van der Waals surface area contributed by atoms with Gasteiger partial charge in [0.05, 0.1) is 5.01 Å². The van der Waals surface area contributed by atoms with Crippen LogP contribution < -0.4 is 11.1 Å². The molecule has 20 heavy (non-hydrogen) atoms. The number of nitrogens with zero attached hydrogens (tertiary/aromatic N) is 1. The van der Waals surface area contributed by atoms with Crippen molar-refractivity contribution >= 4 is 29.7 Å². The maximum absolute atomic E-state index is 12.0. The van der Waals surface area contributed by atoms with Crippen molar-refractivity contribution in [2.45, 2.75) is 18.9 Å². The highest BCUT2D eigenvalue weighted by Gasteiger charge is 2.16. The van der Waals surface area contributed by atoms with Crippen LogP contribution in [0.2, 0.25) is 0 Å². The molecule has 0 radical (unpaired) electrons. The number of halogens is 1. The molecular weight excluding hydrogens is 294 g/mol. The molecule has 0 aliphatic rings. The second kappa shape index (κ2) is 7.99. The summed E-state index contributed by atoms with van der Waals surface area (Å²) >= 11 is 1.59. The lowest BCUT2D eigenvalue weighted by molar-refractivity contribution is -0.122. The van der Waals surface area contributed by atoms with Crippen LogP contribution in [0.1, 0.15) is 29.5 Å². The van der Waals surface area contributed by atoms with Gasteiger partial charge in [0.15, 0.2) is 0 Å². The van der Waals surface area contributed by atoms with Gasteiger partial charge in [-0.3, -0.25) is 4.79 Å². The number of amides is 1. The minimum Gasteiger partial charge on any atom is -0.354 e. The number of carbonyl (C=O) groups excluding carboxylic acids is 1. The van der Waals surface area contributed by atoms with Crippen LogP contribution in [-0.4, -0.2) is 17.4 Å². The molecule has 4 nitrogen and oxygen atoms in total. The summed E-state index contributed by atoms with van der Waals surface area (Å²) in [5.41, 5.74) is 6.74. The zero-order valence-corrected chi connectivity index (χ0v) is 12.8. The van der Waals surface area contributed by atoms with E-state index in [1.54, 1.807) is 17.5 Å². The average molecular weight is 312 g/mol. The van der Waals surface area contributed by atoms with Gasteiger partial charge in [0.1, 0.15) is 6.04 Å². The van der Waals surface area contributed by atoms with Crippen molar-refractivity contribution in [3.63, 3.8) is 0 Å². The van der Waals surface area contributed by atoms with E-state index in [0.29, 0.717) is 6.54 Å². The molecule has 2 atom stereocenters. The molecule has 0 saturated carbocycles. The largest absolute Gasteiger partial charge is 0.354 e. The number of hydrogen-bond acceptors (Lipinski definition) is 4. The lowest BCUT2D eigenvalue weighted by atomic mass is 10.1. The predicted octanol–water partition coefficient (Wildman–Crippen LogP) is 2.48. The van der Waals surface area contributed by atoms with E-state index in [-0.39, 0.29) is 24.2 Å². The predicted molar refractivity (Wildman–Crippen MR) is 84.2 cm³/mol. The van der Waals surface area contributed by atoms with Crippen LogP contribution >= 0.6 is 23.7 Å². The molecule has 108 valence electrons.